The number of rotatable bonds is 4. The van der Waals surface area contributed by atoms with Crippen molar-refractivity contribution >= 4 is 23.2 Å². The molecule has 0 unspecified atom stereocenters. The maximum atomic E-state index is 12.3. The van der Waals surface area contributed by atoms with Gasteiger partial charge in [0, 0.05) is 18.0 Å². The summed E-state index contributed by atoms with van der Waals surface area (Å²) in [4.78, 5) is 16.7. The molecule has 4 aromatic rings. The van der Waals surface area contributed by atoms with Crippen molar-refractivity contribution < 1.29 is 9.21 Å². The third-order valence-corrected chi connectivity index (χ3v) is 4.14. The van der Waals surface area contributed by atoms with E-state index in [0.717, 1.165) is 16.9 Å². The summed E-state index contributed by atoms with van der Waals surface area (Å²) < 4.78 is 7.54. The van der Waals surface area contributed by atoms with E-state index in [9.17, 15) is 4.79 Å². The highest BCUT2D eigenvalue weighted by molar-refractivity contribution is 6.33. The Bertz CT molecular complexity index is 1020. The molecule has 1 N–H and O–H groups in total. The van der Waals surface area contributed by atoms with Crippen LogP contribution in [0, 0.1) is 0 Å². The Morgan fingerprint density at radius 3 is 2.80 bits per heavy atom. The molecule has 5 nitrogen and oxygen atoms in total. The molecule has 0 atom stereocenters. The molecular formula is C19H14ClN3O2. The van der Waals surface area contributed by atoms with Crippen LogP contribution < -0.4 is 5.32 Å². The van der Waals surface area contributed by atoms with Gasteiger partial charge in [0.25, 0.3) is 5.91 Å². The minimum atomic E-state index is -0.296. The Hall–Kier alpha value is -3.05. The summed E-state index contributed by atoms with van der Waals surface area (Å²) in [5.74, 6) is 0.498. The topological polar surface area (TPSA) is 59.5 Å². The van der Waals surface area contributed by atoms with Crippen molar-refractivity contribution in [2.45, 2.75) is 6.54 Å². The van der Waals surface area contributed by atoms with Crippen molar-refractivity contribution in [3.05, 3.63) is 83.5 Å². The predicted molar refractivity (Wildman–Crippen MR) is 95.5 cm³/mol. The number of benzene rings is 1. The first-order valence-corrected chi connectivity index (χ1v) is 8.14. The van der Waals surface area contributed by atoms with Crippen molar-refractivity contribution in [1.82, 2.24) is 14.7 Å². The number of aromatic nitrogens is 2. The van der Waals surface area contributed by atoms with E-state index in [1.807, 2.05) is 53.2 Å². The van der Waals surface area contributed by atoms with Gasteiger partial charge in [-0.25, -0.2) is 4.98 Å². The summed E-state index contributed by atoms with van der Waals surface area (Å²) in [7, 11) is 0. The van der Waals surface area contributed by atoms with Gasteiger partial charge < -0.3 is 14.1 Å². The van der Waals surface area contributed by atoms with Gasteiger partial charge in [-0.3, -0.25) is 4.79 Å². The Balaban J connectivity index is 1.47. The van der Waals surface area contributed by atoms with Crippen LogP contribution in [0.4, 0.5) is 0 Å². The first kappa shape index (κ1) is 15.5. The molecule has 6 heteroatoms. The Labute approximate surface area is 148 Å². The average molecular weight is 352 g/mol. The van der Waals surface area contributed by atoms with Crippen molar-refractivity contribution in [3.63, 3.8) is 0 Å². The van der Waals surface area contributed by atoms with Crippen LogP contribution in [0.15, 0.2) is 71.4 Å². The van der Waals surface area contributed by atoms with Crippen LogP contribution in [0.1, 0.15) is 16.2 Å². The van der Waals surface area contributed by atoms with Gasteiger partial charge in [-0.05, 0) is 36.4 Å². The fourth-order valence-electron chi connectivity index (χ4n) is 2.60. The minimum absolute atomic E-state index is 0.235. The molecule has 1 amide bonds. The number of halogens is 1. The van der Waals surface area contributed by atoms with E-state index in [2.05, 4.69) is 10.3 Å². The van der Waals surface area contributed by atoms with Crippen LogP contribution in [-0.2, 0) is 6.54 Å². The second-order valence-electron chi connectivity index (χ2n) is 5.52. The number of pyridine rings is 1. The van der Waals surface area contributed by atoms with Crippen LogP contribution in [-0.4, -0.2) is 15.3 Å². The summed E-state index contributed by atoms with van der Waals surface area (Å²) in [6.45, 7) is 0.322. The lowest BCUT2D eigenvalue weighted by Crippen LogP contribution is -2.22. The molecule has 4 rings (SSSR count). The average Bonchev–Trinajstić information content (AvgIpc) is 3.27. The van der Waals surface area contributed by atoms with Gasteiger partial charge >= 0.3 is 0 Å². The number of hydrogen-bond donors (Lipinski definition) is 1. The largest absolute Gasteiger partial charge is 0.451 e. The molecule has 0 aliphatic carbocycles. The number of amides is 1. The molecule has 0 saturated carbocycles. The summed E-state index contributed by atoms with van der Waals surface area (Å²) in [6.07, 6.45) is 3.79. The van der Waals surface area contributed by atoms with E-state index in [0.29, 0.717) is 17.3 Å². The van der Waals surface area contributed by atoms with Crippen LogP contribution in [0.2, 0.25) is 5.02 Å². The van der Waals surface area contributed by atoms with Gasteiger partial charge in [0.1, 0.15) is 11.4 Å². The number of fused-ring (bicyclic) bond motifs is 1. The van der Waals surface area contributed by atoms with Crippen molar-refractivity contribution in [3.8, 4) is 11.3 Å². The zero-order valence-corrected chi connectivity index (χ0v) is 13.9. The van der Waals surface area contributed by atoms with E-state index < -0.39 is 0 Å². The predicted octanol–water partition coefficient (Wildman–Crippen LogP) is 4.18. The van der Waals surface area contributed by atoms with Gasteiger partial charge in [-0.2, -0.15) is 0 Å². The van der Waals surface area contributed by atoms with E-state index in [-0.39, 0.29) is 11.7 Å². The molecule has 25 heavy (non-hydrogen) atoms. The number of imidazole rings is 1. The lowest BCUT2D eigenvalue weighted by atomic mass is 10.2. The second kappa shape index (κ2) is 6.45. The summed E-state index contributed by atoms with van der Waals surface area (Å²) in [5.41, 5.74) is 2.37. The van der Waals surface area contributed by atoms with Gasteiger partial charge in [0.15, 0.2) is 5.76 Å². The van der Waals surface area contributed by atoms with Crippen molar-refractivity contribution in [1.29, 1.82) is 0 Å². The normalized spacial score (nSPS) is 10.9. The molecular weight excluding hydrogens is 338 g/mol. The Morgan fingerprint density at radius 2 is 1.96 bits per heavy atom. The molecule has 0 fully saturated rings. The Morgan fingerprint density at radius 1 is 1.12 bits per heavy atom. The third-order valence-electron chi connectivity index (χ3n) is 3.81. The van der Waals surface area contributed by atoms with Crippen LogP contribution in [0.25, 0.3) is 17.0 Å². The molecule has 0 radical (unpaired) electrons. The lowest BCUT2D eigenvalue weighted by Gasteiger charge is -2.01. The molecule has 0 aliphatic heterocycles. The highest BCUT2D eigenvalue weighted by Gasteiger charge is 2.14. The summed E-state index contributed by atoms with van der Waals surface area (Å²) >= 11 is 6.16. The molecule has 0 saturated heterocycles. The quantitative estimate of drug-likeness (QED) is 0.600. The van der Waals surface area contributed by atoms with Crippen molar-refractivity contribution in [2.24, 2.45) is 0 Å². The van der Waals surface area contributed by atoms with Gasteiger partial charge in [-0.1, -0.05) is 29.8 Å². The maximum Gasteiger partial charge on any atom is 0.287 e. The SMILES string of the molecule is O=C(NCc1cn2ccccc2n1)c1ccc(-c2ccccc2Cl)o1. The fraction of sp³-hybridized carbons (Fsp3) is 0.0526. The second-order valence-corrected chi connectivity index (χ2v) is 5.93. The monoisotopic (exact) mass is 351 g/mol. The van der Waals surface area contributed by atoms with E-state index in [1.54, 1.807) is 18.2 Å². The Kier molecular flexibility index (Phi) is 3.99. The molecule has 1 aromatic carbocycles. The summed E-state index contributed by atoms with van der Waals surface area (Å²) in [5, 5.41) is 3.39. The number of nitrogens with zero attached hydrogens (tertiary/aromatic N) is 2. The highest BCUT2D eigenvalue weighted by Crippen LogP contribution is 2.28. The van der Waals surface area contributed by atoms with Gasteiger partial charge in [0.05, 0.1) is 17.3 Å². The molecule has 0 bridgehead atoms. The summed E-state index contributed by atoms with van der Waals surface area (Å²) in [6, 6.07) is 16.5. The van der Waals surface area contributed by atoms with Crippen LogP contribution in [0.3, 0.4) is 0 Å². The molecule has 124 valence electrons. The lowest BCUT2D eigenvalue weighted by molar-refractivity contribution is 0.0923. The van der Waals surface area contributed by atoms with Gasteiger partial charge in [-0.15, -0.1) is 0 Å². The number of hydrogen-bond acceptors (Lipinski definition) is 3. The van der Waals surface area contributed by atoms with E-state index in [1.165, 1.54) is 0 Å². The fourth-order valence-corrected chi connectivity index (χ4v) is 2.82. The molecule has 3 aromatic heterocycles. The number of nitrogens with one attached hydrogen (secondary N) is 1. The van der Waals surface area contributed by atoms with E-state index in [4.69, 9.17) is 16.0 Å². The highest BCUT2D eigenvalue weighted by atomic mass is 35.5. The molecule has 0 spiro atoms. The van der Waals surface area contributed by atoms with Crippen LogP contribution in [0.5, 0.6) is 0 Å². The smallest absolute Gasteiger partial charge is 0.287 e. The van der Waals surface area contributed by atoms with Crippen molar-refractivity contribution in [2.75, 3.05) is 0 Å². The first-order valence-electron chi connectivity index (χ1n) is 7.76. The standard InChI is InChI=1S/C19H14ClN3O2/c20-15-6-2-1-5-14(15)16-8-9-17(25-16)19(24)21-11-13-12-23-10-4-3-7-18(23)22-13/h1-10,12H,11H2,(H,21,24). The number of furan rings is 1. The first-order chi connectivity index (χ1) is 12.2. The zero-order valence-electron chi connectivity index (χ0n) is 13.1. The van der Waals surface area contributed by atoms with Gasteiger partial charge in [0.2, 0.25) is 0 Å². The molecule has 0 aliphatic rings. The number of carbonyl (C=O) groups is 1. The van der Waals surface area contributed by atoms with Crippen LogP contribution >= 0.6 is 11.6 Å². The van der Waals surface area contributed by atoms with E-state index >= 15 is 0 Å². The molecule has 3 heterocycles. The zero-order chi connectivity index (χ0) is 17.2. The maximum absolute atomic E-state index is 12.3. The number of carbonyl (C=O) groups excluding carboxylic acids is 1. The third kappa shape index (κ3) is 3.14. The minimum Gasteiger partial charge on any atom is -0.451 e.